The van der Waals surface area contributed by atoms with Crippen LogP contribution in [0.3, 0.4) is 0 Å². The van der Waals surface area contributed by atoms with E-state index in [4.69, 9.17) is 0 Å². The predicted octanol–water partition coefficient (Wildman–Crippen LogP) is 2.38. The van der Waals surface area contributed by atoms with Crippen LogP contribution in [-0.4, -0.2) is 16.6 Å². The fourth-order valence-corrected chi connectivity index (χ4v) is 1.20. The van der Waals surface area contributed by atoms with E-state index in [1.165, 1.54) is 6.20 Å². The Kier molecular flexibility index (Phi) is 5.19. The van der Waals surface area contributed by atoms with E-state index < -0.39 is 0 Å². The third-order valence-electron chi connectivity index (χ3n) is 2.16. The molecule has 0 saturated carbocycles. The van der Waals surface area contributed by atoms with Crippen LogP contribution in [0.1, 0.15) is 43.5 Å². The number of nitrogens with one attached hydrogen (secondary N) is 1. The van der Waals surface area contributed by atoms with E-state index >= 15 is 0 Å². The Balaban J connectivity index is 2.46. The topological polar surface area (TPSA) is 54.4 Å². The summed E-state index contributed by atoms with van der Waals surface area (Å²) in [5.74, 6) is -0.219. The molecular formula is C12H17N3O. The number of rotatable bonds is 5. The molecule has 0 aliphatic rings. The van der Waals surface area contributed by atoms with Gasteiger partial charge in [-0.05, 0) is 31.9 Å². The van der Waals surface area contributed by atoms with Crippen LogP contribution in [-0.2, 0) is 0 Å². The summed E-state index contributed by atoms with van der Waals surface area (Å²) < 4.78 is 0. The number of aromatic nitrogens is 1. The van der Waals surface area contributed by atoms with Gasteiger partial charge in [0.25, 0.3) is 5.91 Å². The second kappa shape index (κ2) is 6.71. The average molecular weight is 219 g/mol. The van der Waals surface area contributed by atoms with Gasteiger partial charge in [-0.15, -0.1) is 0 Å². The summed E-state index contributed by atoms with van der Waals surface area (Å²) in [6.07, 6.45) is 6.30. The molecule has 0 spiro atoms. The number of carbonyl (C=O) groups excluding carboxylic acids is 1. The number of nitrogens with zero attached hydrogens (tertiary/aromatic N) is 2. The molecule has 0 radical (unpaired) electrons. The van der Waals surface area contributed by atoms with Crippen molar-refractivity contribution in [2.24, 2.45) is 5.10 Å². The third kappa shape index (κ3) is 4.21. The highest BCUT2D eigenvalue weighted by Crippen LogP contribution is 1.97. The molecule has 0 saturated heterocycles. The smallest absolute Gasteiger partial charge is 0.267 e. The van der Waals surface area contributed by atoms with E-state index in [0.29, 0.717) is 5.56 Å². The summed E-state index contributed by atoms with van der Waals surface area (Å²) in [4.78, 5) is 15.4. The zero-order valence-corrected chi connectivity index (χ0v) is 9.73. The summed E-state index contributed by atoms with van der Waals surface area (Å²) in [5.41, 5.74) is 3.98. The van der Waals surface area contributed by atoms with Crippen molar-refractivity contribution in [1.82, 2.24) is 10.4 Å². The first-order valence-electron chi connectivity index (χ1n) is 5.47. The van der Waals surface area contributed by atoms with Crippen LogP contribution in [0.5, 0.6) is 0 Å². The van der Waals surface area contributed by atoms with Crippen LogP contribution in [0.2, 0.25) is 0 Å². The van der Waals surface area contributed by atoms with Crippen LogP contribution in [0, 0.1) is 0 Å². The van der Waals surface area contributed by atoms with Gasteiger partial charge in [-0.3, -0.25) is 9.78 Å². The van der Waals surface area contributed by atoms with Gasteiger partial charge in [0.2, 0.25) is 0 Å². The van der Waals surface area contributed by atoms with Gasteiger partial charge in [-0.1, -0.05) is 13.3 Å². The summed E-state index contributed by atoms with van der Waals surface area (Å²) in [6.45, 7) is 4.04. The van der Waals surface area contributed by atoms with E-state index in [9.17, 15) is 4.79 Å². The van der Waals surface area contributed by atoms with E-state index in [1.54, 1.807) is 18.3 Å². The molecule has 1 aromatic heterocycles. The first kappa shape index (κ1) is 12.4. The second-order valence-electron chi connectivity index (χ2n) is 3.63. The monoisotopic (exact) mass is 219 g/mol. The molecule has 4 heteroatoms. The number of hydrogen-bond acceptors (Lipinski definition) is 3. The Hall–Kier alpha value is -1.71. The van der Waals surface area contributed by atoms with Crippen molar-refractivity contribution in [3.05, 3.63) is 30.1 Å². The number of unbranched alkanes of at least 4 members (excludes halogenated alkanes) is 1. The van der Waals surface area contributed by atoms with Gasteiger partial charge in [0.15, 0.2) is 0 Å². The maximum atomic E-state index is 11.6. The minimum Gasteiger partial charge on any atom is -0.267 e. The van der Waals surface area contributed by atoms with Gasteiger partial charge in [-0.2, -0.15) is 5.10 Å². The van der Waals surface area contributed by atoms with E-state index in [1.807, 2.05) is 6.92 Å². The van der Waals surface area contributed by atoms with Crippen molar-refractivity contribution < 1.29 is 4.79 Å². The zero-order chi connectivity index (χ0) is 11.8. The minimum absolute atomic E-state index is 0.219. The summed E-state index contributed by atoms with van der Waals surface area (Å²) in [7, 11) is 0. The molecule has 0 aliphatic carbocycles. The fraction of sp³-hybridized carbons (Fsp3) is 0.417. The maximum absolute atomic E-state index is 11.6. The molecule has 0 aromatic carbocycles. The van der Waals surface area contributed by atoms with E-state index in [0.717, 1.165) is 25.0 Å². The normalized spacial score (nSPS) is 11.2. The zero-order valence-electron chi connectivity index (χ0n) is 9.73. The molecule has 1 amide bonds. The summed E-state index contributed by atoms with van der Waals surface area (Å²) in [5, 5.41) is 4.03. The first-order chi connectivity index (χ1) is 7.74. The van der Waals surface area contributed by atoms with Gasteiger partial charge in [-0.25, -0.2) is 5.43 Å². The molecule has 0 aliphatic heterocycles. The lowest BCUT2D eigenvalue weighted by Gasteiger charge is -2.01. The molecule has 1 rings (SSSR count). The van der Waals surface area contributed by atoms with Crippen molar-refractivity contribution in [2.75, 3.05) is 0 Å². The van der Waals surface area contributed by atoms with Crippen molar-refractivity contribution >= 4 is 11.6 Å². The second-order valence-corrected chi connectivity index (χ2v) is 3.63. The molecule has 86 valence electrons. The van der Waals surface area contributed by atoms with Crippen molar-refractivity contribution in [3.8, 4) is 0 Å². The summed E-state index contributed by atoms with van der Waals surface area (Å²) >= 11 is 0. The highest BCUT2D eigenvalue weighted by Gasteiger charge is 2.02. The van der Waals surface area contributed by atoms with Crippen LogP contribution in [0.4, 0.5) is 0 Å². The molecule has 0 bridgehead atoms. The van der Waals surface area contributed by atoms with Crippen LogP contribution >= 0.6 is 0 Å². The standard InChI is InChI=1S/C12H17N3O/c1-3-4-6-10(2)14-15-12(16)11-7-5-8-13-9-11/h5,7-9H,3-4,6H2,1-2H3,(H,15,16)/b14-10+. The Morgan fingerprint density at radius 3 is 3.00 bits per heavy atom. The quantitative estimate of drug-likeness (QED) is 0.610. The fourth-order valence-electron chi connectivity index (χ4n) is 1.20. The van der Waals surface area contributed by atoms with Crippen molar-refractivity contribution in [1.29, 1.82) is 0 Å². The summed E-state index contributed by atoms with van der Waals surface area (Å²) in [6, 6.07) is 3.43. The number of carbonyl (C=O) groups is 1. The Labute approximate surface area is 95.8 Å². The van der Waals surface area contributed by atoms with Crippen LogP contribution in [0.25, 0.3) is 0 Å². The van der Waals surface area contributed by atoms with Gasteiger partial charge in [0, 0.05) is 18.1 Å². The van der Waals surface area contributed by atoms with Crippen molar-refractivity contribution in [3.63, 3.8) is 0 Å². The molecule has 0 fully saturated rings. The van der Waals surface area contributed by atoms with Gasteiger partial charge in [0.05, 0.1) is 5.56 Å². The van der Waals surface area contributed by atoms with Gasteiger partial charge >= 0.3 is 0 Å². The molecule has 0 atom stereocenters. The Morgan fingerprint density at radius 2 is 2.38 bits per heavy atom. The van der Waals surface area contributed by atoms with Crippen LogP contribution < -0.4 is 5.43 Å². The number of pyridine rings is 1. The first-order valence-corrected chi connectivity index (χ1v) is 5.47. The van der Waals surface area contributed by atoms with E-state index in [-0.39, 0.29) is 5.91 Å². The predicted molar refractivity (Wildman–Crippen MR) is 64.3 cm³/mol. The largest absolute Gasteiger partial charge is 0.272 e. The van der Waals surface area contributed by atoms with Crippen molar-refractivity contribution in [2.45, 2.75) is 33.1 Å². The number of hydrazone groups is 1. The van der Waals surface area contributed by atoms with Crippen LogP contribution in [0.15, 0.2) is 29.6 Å². The highest BCUT2D eigenvalue weighted by atomic mass is 16.2. The molecule has 1 heterocycles. The third-order valence-corrected chi connectivity index (χ3v) is 2.16. The average Bonchev–Trinajstić information content (AvgIpc) is 2.34. The minimum atomic E-state index is -0.219. The Morgan fingerprint density at radius 1 is 1.56 bits per heavy atom. The molecule has 0 unspecified atom stereocenters. The molecule has 1 N–H and O–H groups in total. The molecule has 4 nitrogen and oxygen atoms in total. The maximum Gasteiger partial charge on any atom is 0.272 e. The number of hydrogen-bond donors (Lipinski definition) is 1. The van der Waals surface area contributed by atoms with Gasteiger partial charge < -0.3 is 0 Å². The SMILES string of the molecule is CCCC/C(C)=N/NC(=O)c1cccnc1. The molecule has 1 aromatic rings. The van der Waals surface area contributed by atoms with E-state index in [2.05, 4.69) is 22.4 Å². The highest BCUT2D eigenvalue weighted by molar-refractivity contribution is 5.94. The number of amides is 1. The lowest BCUT2D eigenvalue weighted by Crippen LogP contribution is -2.19. The lowest BCUT2D eigenvalue weighted by molar-refractivity contribution is 0.0954. The van der Waals surface area contributed by atoms with Gasteiger partial charge in [0.1, 0.15) is 0 Å². The molecular weight excluding hydrogens is 202 g/mol. The lowest BCUT2D eigenvalue weighted by atomic mass is 10.2. The Bertz CT molecular complexity index is 360. The molecule has 16 heavy (non-hydrogen) atoms.